The Balaban J connectivity index is 3.12. The lowest BCUT2D eigenvalue weighted by Gasteiger charge is -2.17. The van der Waals surface area contributed by atoms with Crippen molar-refractivity contribution in [3.8, 4) is 0 Å². The molecule has 0 aromatic heterocycles. The molecule has 0 aliphatic heterocycles. The van der Waals surface area contributed by atoms with Crippen LogP contribution in [0.2, 0.25) is 5.02 Å². The average Bonchev–Trinajstić information content (AvgIpc) is 2.30. The van der Waals surface area contributed by atoms with Crippen molar-refractivity contribution in [1.29, 1.82) is 0 Å². The average molecular weight is 321 g/mol. The van der Waals surface area contributed by atoms with Gasteiger partial charge in [0.25, 0.3) is 0 Å². The minimum Gasteiger partial charge on any atom is -0.591 e. The Morgan fingerprint density at radius 1 is 1.55 bits per heavy atom. The zero-order valence-corrected chi connectivity index (χ0v) is 12.7. The van der Waals surface area contributed by atoms with E-state index < -0.39 is 28.0 Å². The molecule has 0 saturated carbocycles. The molecular weight excluding hydrogens is 307 g/mol. The Morgan fingerprint density at radius 2 is 2.15 bits per heavy atom. The van der Waals surface area contributed by atoms with E-state index in [1.807, 2.05) is 5.32 Å². The highest BCUT2D eigenvalue weighted by molar-refractivity contribution is 7.91. The maximum absolute atomic E-state index is 14.0. The Kier molecular flexibility index (Phi) is 5.38. The molecule has 0 aliphatic rings. The summed E-state index contributed by atoms with van der Waals surface area (Å²) in [4.78, 5) is 10.5. The zero-order valence-electron chi connectivity index (χ0n) is 11.1. The summed E-state index contributed by atoms with van der Waals surface area (Å²) in [5.74, 6) is -0.866. The van der Waals surface area contributed by atoms with Crippen LogP contribution in [0.1, 0.15) is 26.3 Å². The van der Waals surface area contributed by atoms with E-state index in [0.29, 0.717) is 0 Å². The minimum absolute atomic E-state index is 0.0492. The topological polar surface area (TPSA) is 84.8 Å². The molecular formula is C12H14ClFN2O3S. The molecule has 2 N–H and O–H groups in total. The molecule has 1 aromatic rings. The molecule has 1 unspecified atom stereocenters. The lowest BCUT2D eigenvalue weighted by Crippen LogP contribution is -2.25. The quantitative estimate of drug-likeness (QED) is 0.660. The van der Waals surface area contributed by atoms with Crippen LogP contribution in [-0.2, 0) is 11.4 Å². The van der Waals surface area contributed by atoms with Crippen molar-refractivity contribution >= 4 is 41.0 Å². The highest BCUT2D eigenvalue weighted by Gasteiger charge is 2.26. The summed E-state index contributed by atoms with van der Waals surface area (Å²) < 4.78 is 29.0. The summed E-state index contributed by atoms with van der Waals surface area (Å²) in [6.07, 6.45) is -0.348. The number of nitrogens with one attached hydrogen (secondary N) is 1. The van der Waals surface area contributed by atoms with E-state index in [-0.39, 0.29) is 16.3 Å². The first-order chi connectivity index (χ1) is 9.12. The van der Waals surface area contributed by atoms with E-state index in [4.69, 9.17) is 16.7 Å². The molecule has 20 heavy (non-hydrogen) atoms. The van der Waals surface area contributed by atoms with Gasteiger partial charge in [-0.3, -0.25) is 5.32 Å². The van der Waals surface area contributed by atoms with Gasteiger partial charge in [0, 0.05) is 0 Å². The molecule has 0 aliphatic carbocycles. The molecule has 0 heterocycles. The second-order valence-corrected chi connectivity index (χ2v) is 7.19. The van der Waals surface area contributed by atoms with E-state index in [1.165, 1.54) is 12.1 Å². The van der Waals surface area contributed by atoms with Gasteiger partial charge in [0.2, 0.25) is 0 Å². The van der Waals surface area contributed by atoms with Gasteiger partial charge in [-0.15, -0.1) is 0 Å². The van der Waals surface area contributed by atoms with Crippen molar-refractivity contribution in [2.24, 2.45) is 4.40 Å². The van der Waals surface area contributed by atoms with Crippen LogP contribution in [0.25, 0.3) is 0 Å². The van der Waals surface area contributed by atoms with Crippen LogP contribution >= 0.6 is 11.6 Å². The number of benzene rings is 1. The normalized spacial score (nSPS) is 13.5. The SMILES string of the molecule is CC(C)(C)[S+]([O-])N=Cc1c(Cl)ccc(NC(=O)O)c1F. The first kappa shape index (κ1) is 16.7. The first-order valence-electron chi connectivity index (χ1n) is 5.57. The number of nitrogens with zero attached hydrogens (tertiary/aromatic N) is 1. The molecule has 0 fully saturated rings. The third-order valence-corrected chi connectivity index (χ3v) is 3.84. The van der Waals surface area contributed by atoms with Gasteiger partial charge in [-0.05, 0) is 32.9 Å². The van der Waals surface area contributed by atoms with Gasteiger partial charge >= 0.3 is 6.09 Å². The maximum atomic E-state index is 14.0. The van der Waals surface area contributed by atoms with Crippen LogP contribution in [0.3, 0.4) is 0 Å². The fourth-order valence-corrected chi connectivity index (χ4v) is 1.87. The van der Waals surface area contributed by atoms with E-state index in [1.54, 1.807) is 20.8 Å². The predicted molar refractivity (Wildman–Crippen MR) is 78.5 cm³/mol. The van der Waals surface area contributed by atoms with Gasteiger partial charge in [0.05, 0.1) is 22.5 Å². The largest absolute Gasteiger partial charge is 0.591 e. The van der Waals surface area contributed by atoms with Crippen LogP contribution < -0.4 is 5.32 Å². The van der Waals surface area contributed by atoms with E-state index in [2.05, 4.69) is 4.40 Å². The van der Waals surface area contributed by atoms with Gasteiger partial charge < -0.3 is 9.66 Å². The standard InChI is InChI=1S/C12H14ClFN2O3S/c1-12(2,3)20(19)15-6-7-8(13)4-5-9(10(7)14)16-11(17)18/h4-6,16H,1-3H3,(H,17,18). The second-order valence-electron chi connectivity index (χ2n) is 4.85. The van der Waals surface area contributed by atoms with Gasteiger partial charge in [-0.1, -0.05) is 16.0 Å². The molecule has 1 aromatic carbocycles. The van der Waals surface area contributed by atoms with Crippen molar-refractivity contribution in [2.75, 3.05) is 5.32 Å². The Labute approximate surface area is 124 Å². The van der Waals surface area contributed by atoms with Crippen molar-refractivity contribution in [1.82, 2.24) is 0 Å². The monoisotopic (exact) mass is 320 g/mol. The summed E-state index contributed by atoms with van der Waals surface area (Å²) >= 11 is 4.27. The van der Waals surface area contributed by atoms with E-state index in [0.717, 1.165) is 6.21 Å². The number of hydrogen-bond donors (Lipinski definition) is 2. The summed E-state index contributed by atoms with van der Waals surface area (Å²) in [7, 11) is 0. The molecule has 0 radical (unpaired) electrons. The number of halogens is 2. The minimum atomic E-state index is -1.56. The maximum Gasteiger partial charge on any atom is 0.409 e. The van der Waals surface area contributed by atoms with Gasteiger partial charge in [0.1, 0.15) is 16.1 Å². The molecule has 1 amide bonds. The van der Waals surface area contributed by atoms with E-state index >= 15 is 0 Å². The summed E-state index contributed by atoms with van der Waals surface area (Å²) in [5.41, 5.74) is -0.361. The Bertz CT molecular complexity index is 546. The second kappa shape index (κ2) is 6.43. The molecule has 0 bridgehead atoms. The number of anilines is 1. The first-order valence-corrected chi connectivity index (χ1v) is 7.05. The smallest absolute Gasteiger partial charge is 0.409 e. The van der Waals surface area contributed by atoms with Gasteiger partial charge in [-0.25, -0.2) is 9.18 Å². The number of carboxylic acid groups (broad SMARTS) is 1. The number of rotatable bonds is 3. The molecule has 8 heteroatoms. The summed E-state index contributed by atoms with van der Waals surface area (Å²) in [5, 5.41) is 10.5. The van der Waals surface area contributed by atoms with Crippen molar-refractivity contribution in [3.05, 3.63) is 28.5 Å². The van der Waals surface area contributed by atoms with Crippen LogP contribution in [0.15, 0.2) is 16.5 Å². The van der Waals surface area contributed by atoms with Gasteiger partial charge in [-0.2, -0.15) is 0 Å². The number of hydrogen-bond acceptors (Lipinski definition) is 3. The molecule has 1 rings (SSSR count). The van der Waals surface area contributed by atoms with Crippen molar-refractivity contribution in [3.63, 3.8) is 0 Å². The van der Waals surface area contributed by atoms with Crippen LogP contribution in [0.4, 0.5) is 14.9 Å². The van der Waals surface area contributed by atoms with Crippen molar-refractivity contribution < 1.29 is 18.8 Å². The summed E-state index contributed by atoms with van der Waals surface area (Å²) in [6, 6.07) is 2.53. The van der Waals surface area contributed by atoms with Crippen LogP contribution in [-0.4, -0.2) is 26.7 Å². The number of carbonyl (C=O) groups is 1. The zero-order chi connectivity index (χ0) is 15.5. The third kappa shape index (κ3) is 4.36. The summed E-state index contributed by atoms with van der Waals surface area (Å²) in [6.45, 7) is 5.17. The fourth-order valence-electron chi connectivity index (χ4n) is 1.16. The molecule has 5 nitrogen and oxygen atoms in total. The molecule has 0 spiro atoms. The number of amides is 1. The highest BCUT2D eigenvalue weighted by atomic mass is 35.5. The van der Waals surface area contributed by atoms with Crippen LogP contribution in [0, 0.1) is 5.82 Å². The van der Waals surface area contributed by atoms with Crippen LogP contribution in [0.5, 0.6) is 0 Å². The molecule has 110 valence electrons. The lowest BCUT2D eigenvalue weighted by atomic mass is 10.2. The molecule has 1 atom stereocenters. The Morgan fingerprint density at radius 3 is 2.65 bits per heavy atom. The predicted octanol–water partition coefficient (Wildman–Crippen LogP) is 3.45. The highest BCUT2D eigenvalue weighted by Crippen LogP contribution is 2.25. The lowest BCUT2D eigenvalue weighted by molar-refractivity contribution is 0.209. The fraction of sp³-hybridized carbons (Fsp3) is 0.333. The Hall–Kier alpha value is -1.31. The molecule has 0 saturated heterocycles. The van der Waals surface area contributed by atoms with Gasteiger partial charge in [0.15, 0.2) is 5.82 Å². The van der Waals surface area contributed by atoms with E-state index in [9.17, 15) is 13.7 Å². The third-order valence-electron chi connectivity index (χ3n) is 2.17. The van der Waals surface area contributed by atoms with Crippen molar-refractivity contribution in [2.45, 2.75) is 25.5 Å².